The highest BCUT2D eigenvalue weighted by Crippen LogP contribution is 2.37. The van der Waals surface area contributed by atoms with Crippen molar-refractivity contribution in [1.29, 1.82) is 0 Å². The first kappa shape index (κ1) is 22.1. The molecule has 0 amide bonds. The Labute approximate surface area is 180 Å². The van der Waals surface area contributed by atoms with Crippen LogP contribution in [-0.2, 0) is 11.2 Å². The van der Waals surface area contributed by atoms with Gasteiger partial charge < -0.3 is 44.9 Å². The molecule has 0 spiro atoms. The predicted octanol–water partition coefficient (Wildman–Crippen LogP) is -0.0383. The fourth-order valence-electron chi connectivity index (χ4n) is 3.87. The van der Waals surface area contributed by atoms with E-state index in [1.54, 1.807) is 0 Å². The van der Waals surface area contributed by atoms with Crippen LogP contribution in [0, 0.1) is 0 Å². The van der Waals surface area contributed by atoms with Crippen LogP contribution >= 0.6 is 0 Å². The maximum Gasteiger partial charge on any atom is 0.197 e. The van der Waals surface area contributed by atoms with Crippen molar-refractivity contribution < 1.29 is 44.9 Å². The summed E-state index contributed by atoms with van der Waals surface area (Å²) in [5, 5.41) is 69.7. The molecule has 2 aromatic carbocycles. The maximum atomic E-state index is 12.7. The molecule has 1 aromatic heterocycles. The Hall–Kier alpha value is -3.15. The minimum atomic E-state index is -1.61. The van der Waals surface area contributed by atoms with E-state index in [0.29, 0.717) is 5.56 Å². The van der Waals surface area contributed by atoms with Crippen LogP contribution in [0.1, 0.15) is 5.56 Å². The van der Waals surface area contributed by atoms with Crippen molar-refractivity contribution >= 4 is 11.0 Å². The molecule has 0 radical (unpaired) electrons. The van der Waals surface area contributed by atoms with Gasteiger partial charge in [-0.25, -0.2) is 0 Å². The summed E-state index contributed by atoms with van der Waals surface area (Å²) in [4.78, 5) is 12.7. The zero-order valence-electron chi connectivity index (χ0n) is 16.6. The van der Waals surface area contributed by atoms with E-state index < -0.39 is 54.1 Å². The molecule has 2 heterocycles. The van der Waals surface area contributed by atoms with Gasteiger partial charge in [0.15, 0.2) is 5.43 Å². The second-order valence-electron chi connectivity index (χ2n) is 7.69. The molecule has 5 atom stereocenters. The average Bonchev–Trinajstić information content (AvgIpc) is 2.76. The van der Waals surface area contributed by atoms with Gasteiger partial charge in [0, 0.05) is 29.7 Å². The molecule has 3 aromatic rings. The lowest BCUT2D eigenvalue weighted by molar-refractivity contribution is -0.228. The predicted molar refractivity (Wildman–Crippen MR) is 110 cm³/mol. The number of aliphatic hydroxyl groups excluding tert-OH is 4. The van der Waals surface area contributed by atoms with E-state index in [-0.39, 0.29) is 34.5 Å². The molecule has 1 aliphatic heterocycles. The first-order valence-electron chi connectivity index (χ1n) is 9.82. The van der Waals surface area contributed by atoms with Crippen molar-refractivity contribution in [3.63, 3.8) is 0 Å². The lowest BCUT2D eigenvalue weighted by Gasteiger charge is -2.40. The van der Waals surface area contributed by atoms with Crippen molar-refractivity contribution in [1.82, 2.24) is 0 Å². The van der Waals surface area contributed by atoms with Gasteiger partial charge in [0.25, 0.3) is 0 Å². The van der Waals surface area contributed by atoms with Crippen molar-refractivity contribution in [3.8, 4) is 28.6 Å². The molecule has 32 heavy (non-hydrogen) atoms. The van der Waals surface area contributed by atoms with Gasteiger partial charge in [0.1, 0.15) is 58.4 Å². The average molecular weight is 446 g/mol. The highest BCUT2D eigenvalue weighted by molar-refractivity contribution is 5.89. The molecule has 10 nitrogen and oxygen atoms in total. The molecule has 0 bridgehead atoms. The van der Waals surface area contributed by atoms with Crippen molar-refractivity contribution in [2.45, 2.75) is 36.9 Å². The first-order valence-corrected chi connectivity index (χ1v) is 9.82. The van der Waals surface area contributed by atoms with Crippen LogP contribution < -0.4 is 5.43 Å². The maximum absolute atomic E-state index is 12.7. The molecular weight excluding hydrogens is 424 g/mol. The monoisotopic (exact) mass is 446 g/mol. The SMILES string of the molecule is O=c1cc(-c2ccc(O)cc2)oc2c(C[C@H]3O[C@H](CO)[C@@H](O)[C@H](O)[C@H]3O)c(O)cc(O)c12. The van der Waals surface area contributed by atoms with Gasteiger partial charge in [0.2, 0.25) is 0 Å². The summed E-state index contributed by atoms with van der Waals surface area (Å²) in [6, 6.07) is 7.93. The molecule has 1 saturated heterocycles. The van der Waals surface area contributed by atoms with Crippen LogP contribution in [0.4, 0.5) is 0 Å². The zero-order chi connectivity index (χ0) is 23.2. The van der Waals surface area contributed by atoms with Crippen LogP contribution in [0.3, 0.4) is 0 Å². The number of ether oxygens (including phenoxy) is 1. The van der Waals surface area contributed by atoms with Gasteiger partial charge in [0.05, 0.1) is 12.7 Å². The number of hydrogen-bond donors (Lipinski definition) is 7. The van der Waals surface area contributed by atoms with E-state index in [2.05, 4.69) is 0 Å². The van der Waals surface area contributed by atoms with E-state index >= 15 is 0 Å². The second-order valence-corrected chi connectivity index (χ2v) is 7.69. The van der Waals surface area contributed by atoms with Gasteiger partial charge in [-0.2, -0.15) is 0 Å². The molecule has 10 heteroatoms. The highest BCUT2D eigenvalue weighted by Gasteiger charge is 2.43. The van der Waals surface area contributed by atoms with Crippen LogP contribution in [0.25, 0.3) is 22.3 Å². The fraction of sp³-hybridized carbons (Fsp3) is 0.318. The van der Waals surface area contributed by atoms with E-state index in [9.17, 15) is 40.5 Å². The third-order valence-corrected chi connectivity index (χ3v) is 5.61. The van der Waals surface area contributed by atoms with Crippen molar-refractivity contribution in [2.24, 2.45) is 0 Å². The quantitative estimate of drug-likeness (QED) is 0.287. The summed E-state index contributed by atoms with van der Waals surface area (Å²) in [5.74, 6) is -0.850. The topological polar surface area (TPSA) is 181 Å². The Balaban J connectivity index is 1.83. The summed E-state index contributed by atoms with van der Waals surface area (Å²) in [6.45, 7) is -0.621. The number of hydrogen-bond acceptors (Lipinski definition) is 10. The lowest BCUT2D eigenvalue weighted by Crippen LogP contribution is -2.59. The Bertz CT molecular complexity index is 1180. The number of aliphatic hydroxyl groups is 4. The Morgan fingerprint density at radius 2 is 1.50 bits per heavy atom. The third-order valence-electron chi connectivity index (χ3n) is 5.61. The molecule has 1 aliphatic rings. The van der Waals surface area contributed by atoms with Crippen LogP contribution in [0.5, 0.6) is 17.2 Å². The summed E-state index contributed by atoms with van der Waals surface area (Å²) < 4.78 is 11.3. The van der Waals surface area contributed by atoms with Crippen molar-refractivity contribution in [2.75, 3.05) is 6.61 Å². The number of phenolic OH excluding ortho intramolecular Hbond substituents is 3. The normalized spacial score (nSPS) is 25.8. The van der Waals surface area contributed by atoms with Crippen LogP contribution in [-0.4, -0.2) is 72.9 Å². The minimum absolute atomic E-state index is 0.00971. The number of benzene rings is 2. The molecule has 4 rings (SSSR count). The van der Waals surface area contributed by atoms with Gasteiger partial charge in [-0.15, -0.1) is 0 Å². The number of phenols is 3. The summed E-state index contributed by atoms with van der Waals surface area (Å²) >= 11 is 0. The Morgan fingerprint density at radius 3 is 2.16 bits per heavy atom. The fourth-order valence-corrected chi connectivity index (χ4v) is 3.87. The molecular formula is C22H22O10. The smallest absolute Gasteiger partial charge is 0.197 e. The minimum Gasteiger partial charge on any atom is -0.508 e. The van der Waals surface area contributed by atoms with Gasteiger partial charge >= 0.3 is 0 Å². The standard InChI is InChI=1S/C22H22O10/c23-8-17-20(29)21(30)19(28)16(31-17)5-11-12(25)6-13(26)18-14(27)7-15(32-22(11)18)9-1-3-10(24)4-2-9/h1-4,6-7,16-17,19-21,23-26,28-30H,5,8H2/t16-,17-,19+,20-,21-/m1/s1. The van der Waals surface area contributed by atoms with E-state index in [0.717, 1.165) is 12.1 Å². The second kappa shape index (κ2) is 8.41. The van der Waals surface area contributed by atoms with Crippen molar-refractivity contribution in [3.05, 3.63) is 52.2 Å². The summed E-state index contributed by atoms with van der Waals surface area (Å²) in [6.07, 6.45) is -7.32. The summed E-state index contributed by atoms with van der Waals surface area (Å²) in [7, 11) is 0. The first-order chi connectivity index (χ1) is 15.2. The summed E-state index contributed by atoms with van der Waals surface area (Å²) in [5.41, 5.74) is -0.291. The van der Waals surface area contributed by atoms with E-state index in [1.165, 1.54) is 24.3 Å². The number of aromatic hydroxyl groups is 3. The lowest BCUT2D eigenvalue weighted by atomic mass is 9.90. The molecule has 0 unspecified atom stereocenters. The van der Waals surface area contributed by atoms with Gasteiger partial charge in [-0.05, 0) is 24.3 Å². The molecule has 170 valence electrons. The Morgan fingerprint density at radius 1 is 0.844 bits per heavy atom. The largest absolute Gasteiger partial charge is 0.508 e. The van der Waals surface area contributed by atoms with Crippen LogP contribution in [0.15, 0.2) is 45.6 Å². The third kappa shape index (κ3) is 3.78. The molecule has 7 N–H and O–H groups in total. The van der Waals surface area contributed by atoms with E-state index in [1.807, 2.05) is 0 Å². The molecule has 1 fully saturated rings. The van der Waals surface area contributed by atoms with E-state index in [4.69, 9.17) is 9.15 Å². The number of rotatable bonds is 4. The number of fused-ring (bicyclic) bond motifs is 1. The van der Waals surface area contributed by atoms with Gasteiger partial charge in [-0.3, -0.25) is 4.79 Å². The van der Waals surface area contributed by atoms with Crippen LogP contribution in [0.2, 0.25) is 0 Å². The highest BCUT2D eigenvalue weighted by atomic mass is 16.5. The Kier molecular flexibility index (Phi) is 5.80. The molecule has 0 aliphatic carbocycles. The molecule has 0 saturated carbocycles. The van der Waals surface area contributed by atoms with Gasteiger partial charge in [-0.1, -0.05) is 0 Å². The zero-order valence-corrected chi connectivity index (χ0v) is 16.6.